The Morgan fingerprint density at radius 2 is 1.97 bits per heavy atom. The predicted molar refractivity (Wildman–Crippen MR) is 111 cm³/mol. The zero-order chi connectivity index (χ0) is 21.7. The molecule has 0 radical (unpaired) electrons. The van der Waals surface area contributed by atoms with Crippen LogP contribution in [0.25, 0.3) is 11.0 Å². The molecule has 1 amide bonds. The first-order valence-electron chi connectivity index (χ1n) is 9.30. The Labute approximate surface area is 169 Å². The third-order valence-electron chi connectivity index (χ3n) is 4.36. The van der Waals surface area contributed by atoms with Crippen LogP contribution < -0.4 is 21.9 Å². The summed E-state index contributed by atoms with van der Waals surface area (Å²) in [7, 11) is 0. The third kappa shape index (κ3) is 4.51. The molecule has 0 aliphatic carbocycles. The van der Waals surface area contributed by atoms with E-state index in [9.17, 15) is 24.5 Å². The molecule has 11 heteroatoms. The molecule has 30 heavy (non-hydrogen) atoms. The Morgan fingerprint density at radius 3 is 2.63 bits per heavy atom. The van der Waals surface area contributed by atoms with Crippen LogP contribution in [0.15, 0.2) is 46.1 Å². The van der Waals surface area contributed by atoms with Gasteiger partial charge in [0, 0.05) is 43.7 Å². The molecule has 156 valence electrons. The van der Waals surface area contributed by atoms with Crippen LogP contribution in [-0.2, 0) is 6.54 Å². The highest BCUT2D eigenvalue weighted by Gasteiger charge is 2.12. The predicted octanol–water partition coefficient (Wildman–Crippen LogP) is 1.24. The first kappa shape index (κ1) is 20.7. The number of hydrogen-bond acceptors (Lipinski definition) is 7. The van der Waals surface area contributed by atoms with Crippen molar-refractivity contribution >= 4 is 28.3 Å². The van der Waals surface area contributed by atoms with Gasteiger partial charge in [-0.25, -0.2) is 9.78 Å². The number of nitro benzene ring substituents is 1. The number of carbonyl (C=O) groups is 1. The van der Waals surface area contributed by atoms with Gasteiger partial charge < -0.3 is 10.6 Å². The fourth-order valence-corrected chi connectivity index (χ4v) is 2.91. The number of anilines is 1. The lowest BCUT2D eigenvalue weighted by Gasteiger charge is -2.10. The van der Waals surface area contributed by atoms with Gasteiger partial charge in [-0.1, -0.05) is 6.92 Å². The van der Waals surface area contributed by atoms with E-state index in [-0.39, 0.29) is 28.8 Å². The Balaban J connectivity index is 1.64. The highest BCUT2D eigenvalue weighted by Crippen LogP contribution is 2.15. The normalized spacial score (nSPS) is 10.7. The Kier molecular flexibility index (Phi) is 6.20. The molecule has 0 saturated carbocycles. The highest BCUT2D eigenvalue weighted by molar-refractivity contribution is 5.96. The van der Waals surface area contributed by atoms with Crippen molar-refractivity contribution in [1.29, 1.82) is 0 Å². The molecule has 3 N–H and O–H groups in total. The molecule has 0 fully saturated rings. The fraction of sp³-hybridized carbons (Fsp3) is 0.263. The van der Waals surface area contributed by atoms with Gasteiger partial charge in [-0.2, -0.15) is 0 Å². The van der Waals surface area contributed by atoms with Crippen LogP contribution in [-0.4, -0.2) is 38.5 Å². The molecule has 3 rings (SSSR count). The molecule has 0 spiro atoms. The SMILES string of the molecule is CCCn1c(=O)[nH]c(=O)c2cc(C(=O)NCCNc3ccc([N+](=O)[O-])cc3)cnc21. The number of nitro groups is 1. The fourth-order valence-electron chi connectivity index (χ4n) is 2.91. The van der Waals surface area contributed by atoms with Crippen molar-refractivity contribution in [2.75, 3.05) is 18.4 Å². The van der Waals surface area contributed by atoms with E-state index < -0.39 is 22.1 Å². The smallest absolute Gasteiger partial charge is 0.329 e. The molecule has 0 bridgehead atoms. The molecular weight excluding hydrogens is 392 g/mol. The highest BCUT2D eigenvalue weighted by atomic mass is 16.6. The van der Waals surface area contributed by atoms with Gasteiger partial charge >= 0.3 is 5.69 Å². The van der Waals surface area contributed by atoms with E-state index in [4.69, 9.17) is 0 Å². The van der Waals surface area contributed by atoms with Crippen LogP contribution in [0.5, 0.6) is 0 Å². The number of H-pyrrole nitrogens is 1. The zero-order valence-electron chi connectivity index (χ0n) is 16.2. The van der Waals surface area contributed by atoms with E-state index in [1.807, 2.05) is 6.92 Å². The summed E-state index contributed by atoms with van der Waals surface area (Å²) in [5, 5.41) is 16.6. The van der Waals surface area contributed by atoms with Gasteiger partial charge in [-0.05, 0) is 24.6 Å². The van der Waals surface area contributed by atoms with Crippen molar-refractivity contribution in [2.45, 2.75) is 19.9 Å². The average Bonchev–Trinajstić information content (AvgIpc) is 2.74. The van der Waals surface area contributed by atoms with E-state index in [0.717, 1.165) is 0 Å². The number of fused-ring (bicyclic) bond motifs is 1. The number of non-ortho nitro benzene ring substituents is 1. The molecule has 2 aromatic heterocycles. The van der Waals surface area contributed by atoms with Gasteiger partial charge in [0.05, 0.1) is 15.9 Å². The number of nitrogens with one attached hydrogen (secondary N) is 3. The lowest BCUT2D eigenvalue weighted by molar-refractivity contribution is -0.384. The van der Waals surface area contributed by atoms with Gasteiger partial charge in [0.25, 0.3) is 17.2 Å². The summed E-state index contributed by atoms with van der Waals surface area (Å²) in [5.74, 6) is -0.414. The monoisotopic (exact) mass is 412 g/mol. The number of aromatic amines is 1. The number of rotatable bonds is 8. The number of aryl methyl sites for hydroxylation is 1. The number of nitrogens with zero attached hydrogens (tertiary/aromatic N) is 3. The van der Waals surface area contributed by atoms with E-state index in [1.54, 1.807) is 12.1 Å². The first-order chi connectivity index (χ1) is 14.4. The Bertz CT molecular complexity index is 1200. The maximum absolute atomic E-state index is 12.4. The Hall–Kier alpha value is -4.02. The van der Waals surface area contributed by atoms with Crippen LogP contribution in [0.1, 0.15) is 23.7 Å². The maximum Gasteiger partial charge on any atom is 0.329 e. The van der Waals surface area contributed by atoms with Crippen LogP contribution in [0.4, 0.5) is 11.4 Å². The van der Waals surface area contributed by atoms with E-state index in [2.05, 4.69) is 20.6 Å². The topological polar surface area (TPSA) is 152 Å². The molecule has 3 aromatic rings. The summed E-state index contributed by atoms with van der Waals surface area (Å²) < 4.78 is 1.37. The minimum atomic E-state index is -0.593. The van der Waals surface area contributed by atoms with E-state index in [0.29, 0.717) is 25.2 Å². The summed E-state index contributed by atoms with van der Waals surface area (Å²) in [6.45, 7) is 2.97. The van der Waals surface area contributed by atoms with Crippen molar-refractivity contribution in [1.82, 2.24) is 19.9 Å². The average molecular weight is 412 g/mol. The van der Waals surface area contributed by atoms with Crippen LogP contribution >= 0.6 is 0 Å². The quantitative estimate of drug-likeness (QED) is 0.286. The molecule has 0 aliphatic rings. The summed E-state index contributed by atoms with van der Waals surface area (Å²) in [6.07, 6.45) is 2.01. The van der Waals surface area contributed by atoms with Crippen LogP contribution in [0, 0.1) is 10.1 Å². The first-order valence-corrected chi connectivity index (χ1v) is 9.30. The van der Waals surface area contributed by atoms with Gasteiger partial charge in [-0.15, -0.1) is 0 Å². The van der Waals surface area contributed by atoms with Crippen molar-refractivity contribution < 1.29 is 9.72 Å². The number of amides is 1. The van der Waals surface area contributed by atoms with Crippen molar-refractivity contribution in [2.24, 2.45) is 0 Å². The van der Waals surface area contributed by atoms with Crippen molar-refractivity contribution in [3.8, 4) is 0 Å². The lowest BCUT2D eigenvalue weighted by Crippen LogP contribution is -2.32. The van der Waals surface area contributed by atoms with Crippen molar-refractivity contribution in [3.05, 3.63) is 73.0 Å². The standard InChI is InChI=1S/C19H20N6O5/c1-2-9-24-16-15(18(27)23-19(24)28)10-12(11-22-16)17(26)21-8-7-20-13-3-5-14(6-4-13)25(29)30/h3-6,10-11,20H,2,7-9H2,1H3,(H,21,26)(H,23,27,28). The van der Waals surface area contributed by atoms with E-state index >= 15 is 0 Å². The summed E-state index contributed by atoms with van der Waals surface area (Å²) in [4.78, 5) is 53.0. The third-order valence-corrected chi connectivity index (χ3v) is 4.36. The molecule has 1 aromatic carbocycles. The second-order valence-electron chi connectivity index (χ2n) is 6.49. The number of carbonyl (C=O) groups excluding carboxylic acids is 1. The summed E-state index contributed by atoms with van der Waals surface area (Å²) >= 11 is 0. The minimum absolute atomic E-state index is 0.00278. The number of pyridine rings is 1. The van der Waals surface area contributed by atoms with Crippen LogP contribution in [0.3, 0.4) is 0 Å². The van der Waals surface area contributed by atoms with Gasteiger partial charge in [0.15, 0.2) is 0 Å². The second-order valence-corrected chi connectivity index (χ2v) is 6.49. The van der Waals surface area contributed by atoms with Crippen LogP contribution in [0.2, 0.25) is 0 Å². The van der Waals surface area contributed by atoms with E-state index in [1.165, 1.54) is 29.0 Å². The van der Waals surface area contributed by atoms with Crippen molar-refractivity contribution in [3.63, 3.8) is 0 Å². The molecule has 0 saturated heterocycles. The number of benzene rings is 1. The number of hydrogen-bond donors (Lipinski definition) is 3. The molecule has 0 unspecified atom stereocenters. The molecule has 0 aliphatic heterocycles. The maximum atomic E-state index is 12.4. The summed E-state index contributed by atoms with van der Waals surface area (Å²) in [6, 6.07) is 7.34. The molecule has 0 atom stereocenters. The lowest BCUT2D eigenvalue weighted by atomic mass is 10.2. The molecule has 2 heterocycles. The molecule has 11 nitrogen and oxygen atoms in total. The summed E-state index contributed by atoms with van der Waals surface area (Å²) in [5.41, 5.74) is -0.00705. The molecular formula is C19H20N6O5. The second kappa shape index (κ2) is 8.99. The van der Waals surface area contributed by atoms with Gasteiger partial charge in [0.2, 0.25) is 0 Å². The Morgan fingerprint density at radius 1 is 1.23 bits per heavy atom. The minimum Gasteiger partial charge on any atom is -0.383 e. The number of aromatic nitrogens is 3. The zero-order valence-corrected chi connectivity index (χ0v) is 16.2. The van der Waals surface area contributed by atoms with Gasteiger partial charge in [-0.3, -0.25) is 29.3 Å². The largest absolute Gasteiger partial charge is 0.383 e. The van der Waals surface area contributed by atoms with Gasteiger partial charge in [0.1, 0.15) is 5.65 Å².